The first kappa shape index (κ1) is 15.1. The van der Waals surface area contributed by atoms with Crippen LogP contribution in [-0.2, 0) is 14.9 Å². The Labute approximate surface area is 109 Å². The molecule has 4 unspecified atom stereocenters. The molecular weight excluding hydrogens is 312 g/mol. The molecule has 100 valence electrons. The average Bonchev–Trinajstić information content (AvgIpc) is 2.40. The van der Waals surface area contributed by atoms with Gasteiger partial charge in [-0.15, -0.1) is 0 Å². The summed E-state index contributed by atoms with van der Waals surface area (Å²) in [7, 11) is -4.05. The van der Waals surface area contributed by atoms with Gasteiger partial charge in [0, 0.05) is 10.8 Å². The summed E-state index contributed by atoms with van der Waals surface area (Å²) in [5, 5.41) is 0. The van der Waals surface area contributed by atoms with Crippen molar-refractivity contribution in [1.82, 2.24) is 0 Å². The molecule has 0 spiro atoms. The molecule has 2 aliphatic carbocycles. The average molecular weight is 329 g/mol. The van der Waals surface area contributed by atoms with Gasteiger partial charge in [-0.2, -0.15) is 8.42 Å². The summed E-state index contributed by atoms with van der Waals surface area (Å²) in [5.41, 5.74) is -1.27. The number of halogens is 1. The first-order chi connectivity index (χ1) is 7.12. The summed E-state index contributed by atoms with van der Waals surface area (Å²) in [6.45, 7) is 3.62. The SMILES string of the molecule is CC12CCC(C(Br)C1=O)C2(C)CS(=O)(=O)O.O. The van der Waals surface area contributed by atoms with Crippen LogP contribution in [0.2, 0.25) is 0 Å². The second-order valence-corrected chi connectivity index (χ2v) is 7.83. The van der Waals surface area contributed by atoms with Gasteiger partial charge >= 0.3 is 0 Å². The van der Waals surface area contributed by atoms with E-state index in [-0.39, 0.29) is 27.8 Å². The van der Waals surface area contributed by atoms with Gasteiger partial charge in [0.2, 0.25) is 0 Å². The van der Waals surface area contributed by atoms with Gasteiger partial charge in [-0.05, 0) is 18.8 Å². The van der Waals surface area contributed by atoms with Crippen molar-refractivity contribution >= 4 is 31.8 Å². The second kappa shape index (κ2) is 4.01. The number of fused-ring (bicyclic) bond motifs is 2. The fourth-order valence-corrected chi connectivity index (χ4v) is 6.11. The highest BCUT2D eigenvalue weighted by Gasteiger charge is 2.68. The predicted molar refractivity (Wildman–Crippen MR) is 66.7 cm³/mol. The molecule has 0 aromatic carbocycles. The number of hydrogen-bond donors (Lipinski definition) is 1. The van der Waals surface area contributed by atoms with Gasteiger partial charge in [0.1, 0.15) is 0 Å². The molecule has 0 aromatic heterocycles. The standard InChI is InChI=1S/C10H15BrO4S.H2O/c1-9-4-3-6(7(11)8(9)12)10(9,2)5-16(13,14)15;/h6-7H,3-5H2,1-2H3,(H,13,14,15);1H2. The molecule has 2 bridgehead atoms. The van der Waals surface area contributed by atoms with Gasteiger partial charge in [0.25, 0.3) is 10.1 Å². The first-order valence-corrected chi connectivity index (χ1v) is 7.78. The highest BCUT2D eigenvalue weighted by atomic mass is 79.9. The van der Waals surface area contributed by atoms with Crippen molar-refractivity contribution in [3.8, 4) is 0 Å². The normalized spacial score (nSPS) is 44.8. The number of rotatable bonds is 2. The predicted octanol–water partition coefficient (Wildman–Crippen LogP) is 0.818. The number of alkyl halides is 1. The third-order valence-electron chi connectivity index (χ3n) is 4.66. The fraction of sp³-hybridized carbons (Fsp3) is 0.900. The van der Waals surface area contributed by atoms with Crippen molar-refractivity contribution in [3.63, 3.8) is 0 Å². The van der Waals surface area contributed by atoms with Crippen LogP contribution in [0.1, 0.15) is 26.7 Å². The zero-order valence-electron chi connectivity index (χ0n) is 9.73. The van der Waals surface area contributed by atoms with Gasteiger partial charge in [-0.3, -0.25) is 9.35 Å². The highest BCUT2D eigenvalue weighted by Crippen LogP contribution is 2.65. The second-order valence-electron chi connectivity index (χ2n) is 5.39. The van der Waals surface area contributed by atoms with E-state index in [1.54, 1.807) is 6.92 Å². The molecule has 2 fully saturated rings. The van der Waals surface area contributed by atoms with E-state index in [1.807, 2.05) is 6.92 Å². The van der Waals surface area contributed by atoms with E-state index in [1.165, 1.54) is 0 Å². The van der Waals surface area contributed by atoms with Crippen molar-refractivity contribution in [3.05, 3.63) is 0 Å². The Hall–Kier alpha value is 0.0200. The van der Waals surface area contributed by atoms with Gasteiger partial charge in [-0.1, -0.05) is 29.8 Å². The lowest BCUT2D eigenvalue weighted by Gasteiger charge is -2.35. The summed E-state index contributed by atoms with van der Waals surface area (Å²) >= 11 is 3.35. The molecule has 0 saturated heterocycles. The van der Waals surface area contributed by atoms with E-state index in [0.29, 0.717) is 6.42 Å². The summed E-state index contributed by atoms with van der Waals surface area (Å²) in [6.07, 6.45) is 1.55. The van der Waals surface area contributed by atoms with Crippen LogP contribution in [0.15, 0.2) is 0 Å². The molecule has 0 amide bonds. The lowest BCUT2D eigenvalue weighted by Crippen LogP contribution is -2.40. The van der Waals surface area contributed by atoms with Crippen LogP contribution in [0.5, 0.6) is 0 Å². The molecule has 4 atom stereocenters. The van der Waals surface area contributed by atoms with Crippen LogP contribution in [0, 0.1) is 16.7 Å². The van der Waals surface area contributed by atoms with Crippen LogP contribution in [0.25, 0.3) is 0 Å². The van der Waals surface area contributed by atoms with Crippen LogP contribution in [-0.4, -0.2) is 34.8 Å². The first-order valence-electron chi connectivity index (χ1n) is 5.25. The molecule has 5 nitrogen and oxygen atoms in total. The Balaban J connectivity index is 0.00000144. The summed E-state index contributed by atoms with van der Waals surface area (Å²) in [6, 6.07) is 0. The van der Waals surface area contributed by atoms with Gasteiger partial charge in [0.05, 0.1) is 10.6 Å². The number of carbonyl (C=O) groups is 1. The van der Waals surface area contributed by atoms with E-state index in [0.717, 1.165) is 6.42 Å². The molecule has 2 saturated carbocycles. The minimum absolute atomic E-state index is 0. The van der Waals surface area contributed by atoms with E-state index in [2.05, 4.69) is 15.9 Å². The Morgan fingerprint density at radius 1 is 1.47 bits per heavy atom. The van der Waals surface area contributed by atoms with Crippen molar-refractivity contribution in [2.45, 2.75) is 31.5 Å². The van der Waals surface area contributed by atoms with Crippen molar-refractivity contribution in [2.24, 2.45) is 16.7 Å². The number of Topliss-reactive ketones (excluding diaryl/α,β-unsaturated/α-hetero) is 1. The van der Waals surface area contributed by atoms with E-state index < -0.39 is 20.9 Å². The van der Waals surface area contributed by atoms with Gasteiger partial charge in [0.15, 0.2) is 5.78 Å². The molecule has 0 radical (unpaired) electrons. The highest BCUT2D eigenvalue weighted by molar-refractivity contribution is 9.10. The molecule has 7 heteroatoms. The van der Waals surface area contributed by atoms with Crippen LogP contribution >= 0.6 is 15.9 Å². The lowest BCUT2D eigenvalue weighted by molar-refractivity contribution is -0.127. The Bertz CT molecular complexity index is 448. The Morgan fingerprint density at radius 2 is 2.00 bits per heavy atom. The monoisotopic (exact) mass is 328 g/mol. The van der Waals surface area contributed by atoms with Crippen LogP contribution < -0.4 is 0 Å². The topological polar surface area (TPSA) is 103 Å². The summed E-state index contributed by atoms with van der Waals surface area (Å²) in [4.78, 5) is 11.8. The minimum Gasteiger partial charge on any atom is -0.412 e. The molecule has 0 aliphatic heterocycles. The maximum atomic E-state index is 12.1. The maximum absolute atomic E-state index is 12.1. The summed E-state index contributed by atoms with van der Waals surface area (Å²) in [5.74, 6) is -0.239. The lowest BCUT2D eigenvalue weighted by atomic mass is 9.70. The number of carbonyl (C=O) groups excluding carboxylic acids is 1. The van der Waals surface area contributed by atoms with Gasteiger partial charge < -0.3 is 5.48 Å². The van der Waals surface area contributed by atoms with E-state index in [4.69, 9.17) is 4.55 Å². The molecule has 2 rings (SSSR count). The molecule has 0 heterocycles. The fourth-order valence-electron chi connectivity index (χ4n) is 3.46. The smallest absolute Gasteiger partial charge is 0.265 e. The number of ketones is 1. The van der Waals surface area contributed by atoms with Crippen LogP contribution in [0.4, 0.5) is 0 Å². The molecule has 0 aromatic rings. The molecule has 3 N–H and O–H groups in total. The van der Waals surface area contributed by atoms with E-state index in [9.17, 15) is 13.2 Å². The van der Waals surface area contributed by atoms with Crippen molar-refractivity contribution < 1.29 is 23.2 Å². The minimum atomic E-state index is -4.05. The number of hydrogen-bond acceptors (Lipinski definition) is 3. The van der Waals surface area contributed by atoms with E-state index >= 15 is 0 Å². The third kappa shape index (κ3) is 1.87. The largest absolute Gasteiger partial charge is 0.412 e. The van der Waals surface area contributed by atoms with Crippen molar-refractivity contribution in [1.29, 1.82) is 0 Å². The maximum Gasteiger partial charge on any atom is 0.265 e. The third-order valence-corrected chi connectivity index (χ3v) is 6.68. The molecule has 17 heavy (non-hydrogen) atoms. The van der Waals surface area contributed by atoms with Crippen LogP contribution in [0.3, 0.4) is 0 Å². The quantitative estimate of drug-likeness (QED) is 0.598. The van der Waals surface area contributed by atoms with Crippen molar-refractivity contribution in [2.75, 3.05) is 5.75 Å². The Kier molecular flexibility index (Phi) is 3.56. The molecular formula is C10H17BrO5S. The summed E-state index contributed by atoms with van der Waals surface area (Å²) < 4.78 is 31.2. The van der Waals surface area contributed by atoms with Gasteiger partial charge in [-0.25, -0.2) is 0 Å². The zero-order chi connectivity index (χ0) is 12.4. The zero-order valence-corrected chi connectivity index (χ0v) is 12.1. The Morgan fingerprint density at radius 3 is 2.35 bits per heavy atom. The molecule has 2 aliphatic rings.